The van der Waals surface area contributed by atoms with Crippen molar-refractivity contribution >= 4 is 5.91 Å². The third-order valence-corrected chi connectivity index (χ3v) is 4.26. The highest BCUT2D eigenvalue weighted by molar-refractivity contribution is 5.76. The SMILES string of the molecule is CNC(CC#N)CCCCC(=O)N1CCCC1COC(C)C. The molecule has 1 N–H and O–H groups in total. The molecule has 2 unspecified atom stereocenters. The number of nitrogens with zero attached hydrogens (tertiary/aromatic N) is 2. The van der Waals surface area contributed by atoms with Gasteiger partial charge in [-0.3, -0.25) is 4.79 Å². The minimum absolute atomic E-state index is 0.219. The van der Waals surface area contributed by atoms with Crippen LogP contribution in [0.25, 0.3) is 0 Å². The summed E-state index contributed by atoms with van der Waals surface area (Å²) in [6, 6.07) is 2.70. The lowest BCUT2D eigenvalue weighted by Gasteiger charge is -2.25. The molecule has 1 amide bonds. The van der Waals surface area contributed by atoms with Crippen molar-refractivity contribution in [2.75, 3.05) is 20.2 Å². The maximum Gasteiger partial charge on any atom is 0.222 e. The van der Waals surface area contributed by atoms with E-state index in [1.807, 2.05) is 25.8 Å². The van der Waals surface area contributed by atoms with E-state index in [2.05, 4.69) is 11.4 Å². The zero-order valence-electron chi connectivity index (χ0n) is 14.3. The van der Waals surface area contributed by atoms with Crippen molar-refractivity contribution in [3.63, 3.8) is 0 Å². The Bertz CT molecular complexity index is 365. The van der Waals surface area contributed by atoms with Gasteiger partial charge in [-0.15, -0.1) is 0 Å². The van der Waals surface area contributed by atoms with Gasteiger partial charge in [0.05, 0.1) is 31.2 Å². The first-order chi connectivity index (χ1) is 10.6. The van der Waals surface area contributed by atoms with E-state index in [1.54, 1.807) is 0 Å². The maximum atomic E-state index is 12.3. The normalized spacial score (nSPS) is 19.4. The predicted molar refractivity (Wildman–Crippen MR) is 87.4 cm³/mol. The molecule has 126 valence electrons. The van der Waals surface area contributed by atoms with Crippen LogP contribution in [0.4, 0.5) is 0 Å². The molecule has 0 radical (unpaired) electrons. The van der Waals surface area contributed by atoms with Crippen molar-refractivity contribution < 1.29 is 9.53 Å². The molecule has 0 spiro atoms. The predicted octanol–water partition coefficient (Wildman–Crippen LogP) is 2.46. The van der Waals surface area contributed by atoms with Gasteiger partial charge >= 0.3 is 0 Å². The summed E-state index contributed by atoms with van der Waals surface area (Å²) in [7, 11) is 1.89. The Hall–Kier alpha value is -1.12. The van der Waals surface area contributed by atoms with Crippen LogP contribution in [0.15, 0.2) is 0 Å². The number of carbonyl (C=O) groups excluding carboxylic acids is 1. The number of hydrogen-bond donors (Lipinski definition) is 1. The summed E-state index contributed by atoms with van der Waals surface area (Å²) in [5, 5.41) is 11.9. The number of amides is 1. The fraction of sp³-hybridized carbons (Fsp3) is 0.882. The number of nitriles is 1. The van der Waals surface area contributed by atoms with Gasteiger partial charge in [-0.25, -0.2) is 0 Å². The van der Waals surface area contributed by atoms with Crippen molar-refractivity contribution in [1.82, 2.24) is 10.2 Å². The number of carbonyl (C=O) groups is 1. The highest BCUT2D eigenvalue weighted by atomic mass is 16.5. The van der Waals surface area contributed by atoms with E-state index in [0.29, 0.717) is 19.4 Å². The molecule has 5 nitrogen and oxygen atoms in total. The summed E-state index contributed by atoms with van der Waals surface area (Å²) in [6.45, 7) is 5.59. The van der Waals surface area contributed by atoms with Crippen molar-refractivity contribution in [2.45, 2.75) is 77.0 Å². The zero-order chi connectivity index (χ0) is 16.4. The van der Waals surface area contributed by atoms with Gasteiger partial charge in [0.25, 0.3) is 0 Å². The van der Waals surface area contributed by atoms with Crippen molar-refractivity contribution in [3.8, 4) is 6.07 Å². The van der Waals surface area contributed by atoms with Gasteiger partial charge in [-0.05, 0) is 46.6 Å². The van der Waals surface area contributed by atoms with Crippen LogP contribution in [0.1, 0.15) is 58.8 Å². The van der Waals surface area contributed by atoms with E-state index < -0.39 is 0 Å². The quantitative estimate of drug-likeness (QED) is 0.630. The minimum atomic E-state index is 0.219. The minimum Gasteiger partial charge on any atom is -0.377 e. The Balaban J connectivity index is 2.25. The number of hydrogen-bond acceptors (Lipinski definition) is 4. The van der Waals surface area contributed by atoms with E-state index in [-0.39, 0.29) is 24.1 Å². The van der Waals surface area contributed by atoms with Gasteiger partial charge in [0.1, 0.15) is 0 Å². The van der Waals surface area contributed by atoms with Gasteiger partial charge in [-0.1, -0.05) is 6.42 Å². The lowest BCUT2D eigenvalue weighted by Crippen LogP contribution is -2.38. The summed E-state index contributed by atoms with van der Waals surface area (Å²) >= 11 is 0. The van der Waals surface area contributed by atoms with Gasteiger partial charge in [0.15, 0.2) is 0 Å². The highest BCUT2D eigenvalue weighted by Crippen LogP contribution is 2.20. The lowest BCUT2D eigenvalue weighted by atomic mass is 10.1. The average Bonchev–Trinajstić information content (AvgIpc) is 2.96. The number of rotatable bonds is 10. The Labute approximate surface area is 135 Å². The first-order valence-electron chi connectivity index (χ1n) is 8.53. The molecule has 0 aromatic carbocycles. The molecule has 2 atom stereocenters. The van der Waals surface area contributed by atoms with Crippen LogP contribution in [0.5, 0.6) is 0 Å². The zero-order valence-corrected chi connectivity index (χ0v) is 14.3. The summed E-state index contributed by atoms with van der Waals surface area (Å²) in [6.07, 6.45) is 6.35. The van der Waals surface area contributed by atoms with Gasteiger partial charge in [-0.2, -0.15) is 5.26 Å². The van der Waals surface area contributed by atoms with E-state index in [1.165, 1.54) is 0 Å². The third-order valence-electron chi connectivity index (χ3n) is 4.26. The fourth-order valence-corrected chi connectivity index (χ4v) is 2.91. The first kappa shape index (κ1) is 18.9. The number of ether oxygens (including phenoxy) is 1. The molecule has 1 aliphatic heterocycles. The summed E-state index contributed by atoms with van der Waals surface area (Å²) in [4.78, 5) is 14.3. The van der Waals surface area contributed by atoms with Crippen LogP contribution in [-0.2, 0) is 9.53 Å². The van der Waals surface area contributed by atoms with Gasteiger partial charge < -0.3 is 15.0 Å². The number of likely N-dealkylation sites (tertiary alicyclic amines) is 1. The molecule has 0 saturated carbocycles. The average molecular weight is 309 g/mol. The maximum absolute atomic E-state index is 12.3. The second-order valence-electron chi connectivity index (χ2n) is 6.36. The second kappa shape index (κ2) is 10.6. The van der Waals surface area contributed by atoms with Crippen molar-refractivity contribution in [3.05, 3.63) is 0 Å². The molecule has 22 heavy (non-hydrogen) atoms. The van der Waals surface area contributed by atoms with Crippen LogP contribution in [-0.4, -0.2) is 49.2 Å². The Kier molecular flexibility index (Phi) is 9.10. The molecule has 5 heteroatoms. The van der Waals surface area contributed by atoms with Crippen LogP contribution in [0.3, 0.4) is 0 Å². The molecule has 0 bridgehead atoms. The van der Waals surface area contributed by atoms with E-state index in [0.717, 1.165) is 38.6 Å². The number of unbranched alkanes of at least 4 members (excludes halogenated alkanes) is 1. The largest absolute Gasteiger partial charge is 0.377 e. The molecule has 0 aromatic heterocycles. The van der Waals surface area contributed by atoms with Crippen molar-refractivity contribution in [1.29, 1.82) is 5.26 Å². The summed E-state index contributed by atoms with van der Waals surface area (Å²) in [5.41, 5.74) is 0. The second-order valence-corrected chi connectivity index (χ2v) is 6.36. The van der Waals surface area contributed by atoms with Crippen LogP contribution < -0.4 is 5.32 Å². The molecule has 1 saturated heterocycles. The van der Waals surface area contributed by atoms with Crippen molar-refractivity contribution in [2.24, 2.45) is 0 Å². The van der Waals surface area contributed by atoms with E-state index in [4.69, 9.17) is 10.00 Å². The molecule has 1 heterocycles. The van der Waals surface area contributed by atoms with Gasteiger partial charge in [0.2, 0.25) is 5.91 Å². The van der Waals surface area contributed by atoms with Gasteiger partial charge in [0, 0.05) is 19.0 Å². The molecular weight excluding hydrogens is 278 g/mol. The monoisotopic (exact) mass is 309 g/mol. The fourth-order valence-electron chi connectivity index (χ4n) is 2.91. The standard InChI is InChI=1S/C17H31N3O2/c1-14(2)22-13-16-8-6-12-20(16)17(21)9-5-4-7-15(19-3)10-11-18/h14-16,19H,4-10,12-13H2,1-3H3. The smallest absolute Gasteiger partial charge is 0.222 e. The lowest BCUT2D eigenvalue weighted by molar-refractivity contribution is -0.133. The van der Waals surface area contributed by atoms with Crippen LogP contribution >= 0.6 is 0 Å². The molecule has 0 aliphatic carbocycles. The molecule has 1 rings (SSSR count). The van der Waals surface area contributed by atoms with Crippen LogP contribution in [0.2, 0.25) is 0 Å². The number of nitrogens with one attached hydrogen (secondary N) is 1. The highest BCUT2D eigenvalue weighted by Gasteiger charge is 2.28. The third kappa shape index (κ3) is 6.76. The van der Waals surface area contributed by atoms with E-state index >= 15 is 0 Å². The Morgan fingerprint density at radius 2 is 2.23 bits per heavy atom. The molecule has 0 aromatic rings. The molecular formula is C17H31N3O2. The summed E-state index contributed by atoms with van der Waals surface area (Å²) in [5.74, 6) is 0.260. The summed E-state index contributed by atoms with van der Waals surface area (Å²) < 4.78 is 5.67. The van der Waals surface area contributed by atoms with Crippen LogP contribution in [0, 0.1) is 11.3 Å². The first-order valence-corrected chi connectivity index (χ1v) is 8.53. The Morgan fingerprint density at radius 3 is 2.86 bits per heavy atom. The topological polar surface area (TPSA) is 65.4 Å². The van der Waals surface area contributed by atoms with E-state index in [9.17, 15) is 4.79 Å². The molecule has 1 fully saturated rings. The molecule has 1 aliphatic rings. The Morgan fingerprint density at radius 1 is 1.45 bits per heavy atom.